The highest BCUT2D eigenvalue weighted by Gasteiger charge is 2.15. The van der Waals surface area contributed by atoms with Crippen LogP contribution in [0.4, 0.5) is 5.69 Å². The van der Waals surface area contributed by atoms with Crippen LogP contribution in [0.1, 0.15) is 10.7 Å². The summed E-state index contributed by atoms with van der Waals surface area (Å²) < 4.78 is 5.09. The smallest absolute Gasteiger partial charge is 0.271 e. The highest BCUT2D eigenvalue weighted by molar-refractivity contribution is 6.29. The molecule has 0 aliphatic heterocycles. The van der Waals surface area contributed by atoms with Crippen molar-refractivity contribution in [2.45, 2.75) is 0 Å². The number of carbonyl (C=O) groups is 1. The molecule has 2 aromatic rings. The molecule has 1 aromatic carbocycles. The van der Waals surface area contributed by atoms with E-state index in [9.17, 15) is 14.9 Å². The van der Waals surface area contributed by atoms with Crippen molar-refractivity contribution in [3.63, 3.8) is 0 Å². The zero-order valence-electron chi connectivity index (χ0n) is 7.84. The number of oxazole rings is 1. The number of nitro benzene ring substituents is 1. The zero-order valence-corrected chi connectivity index (χ0v) is 8.60. The fraction of sp³-hybridized carbons (Fsp3) is 0.111. The fourth-order valence-corrected chi connectivity index (χ4v) is 1.32. The normalized spacial score (nSPS) is 10.6. The summed E-state index contributed by atoms with van der Waals surface area (Å²) in [6.45, 7) is 0. The molecule has 0 aliphatic rings. The number of carbonyl (C=O) groups excluding carboxylic acids is 1. The van der Waals surface area contributed by atoms with Gasteiger partial charge in [0.25, 0.3) is 11.6 Å². The van der Waals surface area contributed by atoms with Crippen molar-refractivity contribution in [2.75, 3.05) is 5.88 Å². The molecule has 0 saturated carbocycles. The topological polar surface area (TPSA) is 86.2 Å². The first-order valence-electron chi connectivity index (χ1n) is 4.26. The summed E-state index contributed by atoms with van der Waals surface area (Å²) in [7, 11) is 0. The number of Topliss-reactive ketones (excluding diaryl/α,β-unsaturated/α-hetero) is 1. The van der Waals surface area contributed by atoms with Crippen LogP contribution in [0.3, 0.4) is 0 Å². The van der Waals surface area contributed by atoms with E-state index < -0.39 is 10.7 Å². The Morgan fingerprint density at radius 1 is 1.56 bits per heavy atom. The van der Waals surface area contributed by atoms with E-state index in [1.54, 1.807) is 0 Å². The second kappa shape index (κ2) is 3.90. The van der Waals surface area contributed by atoms with Crippen molar-refractivity contribution < 1.29 is 14.1 Å². The summed E-state index contributed by atoms with van der Waals surface area (Å²) in [5.74, 6) is -0.833. The Morgan fingerprint density at radius 2 is 2.31 bits per heavy atom. The Labute approximate surface area is 94.0 Å². The summed E-state index contributed by atoms with van der Waals surface area (Å²) in [4.78, 5) is 25.0. The van der Waals surface area contributed by atoms with Crippen LogP contribution in [0.25, 0.3) is 11.1 Å². The number of nitrogens with zero attached hydrogens (tertiary/aromatic N) is 2. The van der Waals surface area contributed by atoms with Crippen molar-refractivity contribution in [1.29, 1.82) is 0 Å². The van der Waals surface area contributed by atoms with E-state index in [1.165, 1.54) is 18.2 Å². The van der Waals surface area contributed by atoms with Gasteiger partial charge in [-0.3, -0.25) is 14.9 Å². The summed E-state index contributed by atoms with van der Waals surface area (Å²) in [5, 5.41) is 10.5. The van der Waals surface area contributed by atoms with E-state index in [1.807, 2.05) is 0 Å². The van der Waals surface area contributed by atoms with Crippen LogP contribution in [-0.2, 0) is 0 Å². The molecule has 0 saturated heterocycles. The molecule has 0 unspecified atom stereocenters. The highest BCUT2D eigenvalue weighted by atomic mass is 35.5. The van der Waals surface area contributed by atoms with E-state index >= 15 is 0 Å². The van der Waals surface area contributed by atoms with Crippen LogP contribution < -0.4 is 0 Å². The van der Waals surface area contributed by atoms with Crippen molar-refractivity contribution in [3.8, 4) is 0 Å². The molecule has 16 heavy (non-hydrogen) atoms. The first-order chi connectivity index (χ1) is 7.61. The maximum absolute atomic E-state index is 11.2. The summed E-state index contributed by atoms with van der Waals surface area (Å²) >= 11 is 5.34. The highest BCUT2D eigenvalue weighted by Crippen LogP contribution is 2.21. The van der Waals surface area contributed by atoms with Gasteiger partial charge in [0.2, 0.25) is 5.78 Å². The van der Waals surface area contributed by atoms with Crippen LogP contribution >= 0.6 is 11.6 Å². The van der Waals surface area contributed by atoms with Crippen LogP contribution in [0.2, 0.25) is 0 Å². The van der Waals surface area contributed by atoms with E-state index in [2.05, 4.69) is 4.98 Å². The molecule has 0 aliphatic carbocycles. The molecule has 6 nitrogen and oxygen atoms in total. The van der Waals surface area contributed by atoms with Gasteiger partial charge in [-0.15, -0.1) is 11.6 Å². The lowest BCUT2D eigenvalue weighted by atomic mass is 10.3. The van der Waals surface area contributed by atoms with Gasteiger partial charge in [-0.2, -0.15) is 0 Å². The van der Waals surface area contributed by atoms with Crippen molar-refractivity contribution in [1.82, 2.24) is 4.98 Å². The van der Waals surface area contributed by atoms with Gasteiger partial charge in [-0.25, -0.2) is 4.98 Å². The largest absolute Gasteiger partial charge is 0.434 e. The number of fused-ring (bicyclic) bond motifs is 1. The Balaban J connectivity index is 2.54. The number of hydrogen-bond acceptors (Lipinski definition) is 5. The van der Waals surface area contributed by atoms with Gasteiger partial charge < -0.3 is 4.42 Å². The average molecular weight is 241 g/mol. The lowest BCUT2D eigenvalue weighted by Crippen LogP contribution is -1.99. The predicted octanol–water partition coefficient (Wildman–Crippen LogP) is 2.16. The number of aromatic nitrogens is 1. The third-order valence-corrected chi connectivity index (χ3v) is 2.18. The molecule has 0 N–H and O–H groups in total. The van der Waals surface area contributed by atoms with Crippen molar-refractivity contribution >= 4 is 34.2 Å². The SMILES string of the molecule is O=C(CCl)c1nc2cc([N+](=O)[O-])ccc2o1. The molecule has 7 heteroatoms. The first-order valence-corrected chi connectivity index (χ1v) is 4.79. The number of benzene rings is 1. The molecule has 1 heterocycles. The Bertz CT molecular complexity index is 578. The summed E-state index contributed by atoms with van der Waals surface area (Å²) in [6.07, 6.45) is 0. The van der Waals surface area contributed by atoms with Crippen LogP contribution in [-0.4, -0.2) is 21.6 Å². The van der Waals surface area contributed by atoms with Crippen LogP contribution in [0, 0.1) is 10.1 Å². The zero-order chi connectivity index (χ0) is 11.7. The molecule has 0 spiro atoms. The molecule has 0 fully saturated rings. The Hall–Kier alpha value is -1.95. The average Bonchev–Trinajstić information content (AvgIpc) is 2.70. The van der Waals surface area contributed by atoms with Gasteiger partial charge in [-0.1, -0.05) is 0 Å². The van der Waals surface area contributed by atoms with Gasteiger partial charge in [0.1, 0.15) is 5.52 Å². The Morgan fingerprint density at radius 3 is 2.94 bits per heavy atom. The number of alkyl halides is 1. The fourth-order valence-electron chi connectivity index (χ4n) is 1.21. The minimum absolute atomic E-state index is 0.106. The maximum Gasteiger partial charge on any atom is 0.271 e. The van der Waals surface area contributed by atoms with Crippen LogP contribution in [0.15, 0.2) is 22.6 Å². The number of non-ortho nitro benzene ring substituents is 1. The third-order valence-electron chi connectivity index (χ3n) is 1.94. The lowest BCUT2D eigenvalue weighted by molar-refractivity contribution is -0.384. The van der Waals surface area contributed by atoms with Crippen LogP contribution in [0.5, 0.6) is 0 Å². The minimum atomic E-state index is -0.544. The van der Waals surface area contributed by atoms with Gasteiger partial charge in [0.15, 0.2) is 5.58 Å². The number of ketones is 1. The van der Waals surface area contributed by atoms with E-state index in [-0.39, 0.29) is 23.0 Å². The first kappa shape index (κ1) is 10.6. The Kier molecular flexibility index (Phi) is 2.57. The third kappa shape index (κ3) is 1.74. The minimum Gasteiger partial charge on any atom is -0.434 e. The molecule has 0 radical (unpaired) electrons. The molecule has 1 aromatic heterocycles. The molecular formula is C9H5ClN2O4. The summed E-state index contributed by atoms with van der Waals surface area (Å²) in [6, 6.07) is 3.91. The standard InChI is InChI=1S/C9H5ClN2O4/c10-4-7(13)9-11-6-3-5(12(14)15)1-2-8(6)16-9/h1-3H,4H2. The number of hydrogen-bond donors (Lipinski definition) is 0. The second-order valence-corrected chi connectivity index (χ2v) is 3.25. The van der Waals surface area contributed by atoms with Gasteiger partial charge in [-0.05, 0) is 6.07 Å². The molecule has 82 valence electrons. The number of halogens is 1. The van der Waals surface area contributed by atoms with Gasteiger partial charge >= 0.3 is 0 Å². The lowest BCUT2D eigenvalue weighted by Gasteiger charge is -1.88. The van der Waals surface area contributed by atoms with Gasteiger partial charge in [0.05, 0.1) is 10.8 Å². The van der Waals surface area contributed by atoms with Crippen molar-refractivity contribution in [3.05, 3.63) is 34.2 Å². The van der Waals surface area contributed by atoms with E-state index in [4.69, 9.17) is 16.0 Å². The molecular weight excluding hydrogens is 236 g/mol. The molecule has 0 amide bonds. The second-order valence-electron chi connectivity index (χ2n) is 2.98. The maximum atomic E-state index is 11.2. The quantitative estimate of drug-likeness (QED) is 0.355. The monoisotopic (exact) mass is 240 g/mol. The van der Waals surface area contributed by atoms with E-state index in [0.717, 1.165) is 0 Å². The number of rotatable bonds is 3. The molecule has 0 bridgehead atoms. The summed E-state index contributed by atoms with van der Waals surface area (Å²) in [5.41, 5.74) is 0.479. The van der Waals surface area contributed by atoms with Crippen molar-refractivity contribution in [2.24, 2.45) is 0 Å². The predicted molar refractivity (Wildman–Crippen MR) is 55.7 cm³/mol. The number of nitro groups is 1. The molecule has 2 rings (SSSR count). The van der Waals surface area contributed by atoms with Gasteiger partial charge in [0, 0.05) is 12.1 Å². The molecule has 0 atom stereocenters. The van der Waals surface area contributed by atoms with E-state index in [0.29, 0.717) is 5.58 Å².